The number of hydrogen-bond acceptors (Lipinski definition) is 0. The highest BCUT2D eigenvalue weighted by atomic mass is 15.0. The van der Waals surface area contributed by atoms with Crippen molar-refractivity contribution in [2.75, 3.05) is 0 Å². The second kappa shape index (κ2) is 12.2. The first kappa shape index (κ1) is 31.8. The Morgan fingerprint density at radius 2 is 1.19 bits per heavy atom. The molecule has 0 saturated carbocycles. The summed E-state index contributed by atoms with van der Waals surface area (Å²) in [5.41, 5.74) is 12.2. The molecule has 0 fully saturated rings. The third-order valence-electron chi connectivity index (χ3n) is 10.8. The summed E-state index contributed by atoms with van der Waals surface area (Å²) in [7, 11) is 0. The van der Waals surface area contributed by atoms with Crippen LogP contribution in [0.2, 0.25) is 0 Å². The van der Waals surface area contributed by atoms with Gasteiger partial charge in [0, 0.05) is 16.5 Å². The van der Waals surface area contributed by atoms with E-state index in [1.165, 1.54) is 81.9 Å². The van der Waals surface area contributed by atoms with Crippen LogP contribution in [0.4, 0.5) is 0 Å². The van der Waals surface area contributed by atoms with Gasteiger partial charge in [-0.05, 0) is 114 Å². The second-order valence-electron chi connectivity index (χ2n) is 15.0. The quantitative estimate of drug-likeness (QED) is 0.123. The molecular formula is C51H41N. The van der Waals surface area contributed by atoms with E-state index in [1.807, 2.05) is 19.1 Å². The van der Waals surface area contributed by atoms with E-state index in [1.54, 1.807) is 0 Å². The summed E-state index contributed by atoms with van der Waals surface area (Å²) in [5, 5.41) is 10.3. The van der Waals surface area contributed by atoms with Crippen molar-refractivity contribution < 1.29 is 0 Å². The SMILES string of the molecule is C=C/C(=C\C=C/C)c1ccc(-c2cc(-c3cccc(-n4c5ccccc5c5ccccc54)c3)c3ccc4cc(C(C)(C)C)cc5ccc2c3c54)cc1. The van der Waals surface area contributed by atoms with E-state index >= 15 is 0 Å². The minimum atomic E-state index is 0.0570. The molecule has 0 aliphatic carbocycles. The van der Waals surface area contributed by atoms with E-state index < -0.39 is 0 Å². The van der Waals surface area contributed by atoms with E-state index in [2.05, 4.69) is 184 Å². The summed E-state index contributed by atoms with van der Waals surface area (Å²) in [4.78, 5) is 0. The highest BCUT2D eigenvalue weighted by Gasteiger charge is 2.21. The van der Waals surface area contributed by atoms with E-state index in [0.29, 0.717) is 0 Å². The molecule has 0 bridgehead atoms. The van der Waals surface area contributed by atoms with Gasteiger partial charge in [0.2, 0.25) is 0 Å². The summed E-state index contributed by atoms with van der Waals surface area (Å²) >= 11 is 0. The van der Waals surface area contributed by atoms with Crippen LogP contribution in [0.3, 0.4) is 0 Å². The standard InChI is InChI=1S/C51H41N/c1-6-8-14-33(7-2)34-21-23-35(24-22-34)45-32-46(44-28-26-38-30-39(51(3,4)5)29-37-25-27-43(45)50(44)49(37)38)36-15-13-16-40(31-36)52-47-19-11-9-17-41(47)42-18-10-12-20-48(42)52/h6-32H,2H2,1,3-5H3/b8-6-,33-14+. The van der Waals surface area contributed by atoms with Crippen LogP contribution in [0.15, 0.2) is 170 Å². The van der Waals surface area contributed by atoms with Crippen LogP contribution >= 0.6 is 0 Å². The maximum absolute atomic E-state index is 4.08. The van der Waals surface area contributed by atoms with Crippen LogP contribution in [0.1, 0.15) is 38.8 Å². The second-order valence-corrected chi connectivity index (χ2v) is 15.0. The van der Waals surface area contributed by atoms with Crippen molar-refractivity contribution in [3.05, 3.63) is 182 Å². The lowest BCUT2D eigenvalue weighted by Gasteiger charge is -2.23. The molecule has 9 rings (SSSR count). The number of aromatic nitrogens is 1. The Hall–Kier alpha value is -6.18. The third kappa shape index (κ3) is 5.08. The number of rotatable bonds is 6. The Morgan fingerprint density at radius 1 is 0.577 bits per heavy atom. The largest absolute Gasteiger partial charge is 0.309 e. The van der Waals surface area contributed by atoms with E-state index in [-0.39, 0.29) is 5.41 Å². The zero-order chi connectivity index (χ0) is 35.6. The fourth-order valence-electron chi connectivity index (χ4n) is 8.16. The van der Waals surface area contributed by atoms with Gasteiger partial charge in [-0.2, -0.15) is 0 Å². The number of para-hydroxylation sites is 2. The van der Waals surface area contributed by atoms with Crippen LogP contribution in [0.25, 0.3) is 87.6 Å². The fraction of sp³-hybridized carbons (Fsp3) is 0.0980. The first-order valence-electron chi connectivity index (χ1n) is 18.3. The summed E-state index contributed by atoms with van der Waals surface area (Å²) in [5.74, 6) is 0. The van der Waals surface area contributed by atoms with Crippen molar-refractivity contribution in [1.29, 1.82) is 0 Å². The molecule has 1 heterocycles. The van der Waals surface area contributed by atoms with Crippen molar-refractivity contribution in [1.82, 2.24) is 4.57 Å². The van der Waals surface area contributed by atoms with Gasteiger partial charge in [-0.25, -0.2) is 0 Å². The number of allylic oxidation sites excluding steroid dienone is 5. The topological polar surface area (TPSA) is 4.93 Å². The highest BCUT2D eigenvalue weighted by Crippen LogP contribution is 2.45. The lowest BCUT2D eigenvalue weighted by Crippen LogP contribution is -2.10. The van der Waals surface area contributed by atoms with Crippen LogP contribution in [0, 0.1) is 0 Å². The molecule has 1 aromatic heterocycles. The minimum Gasteiger partial charge on any atom is -0.309 e. The number of nitrogens with zero attached hydrogens (tertiary/aromatic N) is 1. The molecule has 0 N–H and O–H groups in total. The van der Waals surface area contributed by atoms with Gasteiger partial charge in [-0.15, -0.1) is 0 Å². The zero-order valence-electron chi connectivity index (χ0n) is 30.2. The summed E-state index contributed by atoms with van der Waals surface area (Å²) in [6.07, 6.45) is 8.16. The molecule has 0 unspecified atom stereocenters. The first-order chi connectivity index (χ1) is 25.3. The van der Waals surface area contributed by atoms with Crippen molar-refractivity contribution in [3.63, 3.8) is 0 Å². The van der Waals surface area contributed by atoms with Gasteiger partial charge in [0.25, 0.3) is 0 Å². The van der Waals surface area contributed by atoms with E-state index in [9.17, 15) is 0 Å². The molecule has 1 heteroatoms. The predicted octanol–water partition coefficient (Wildman–Crippen LogP) is 14.5. The molecule has 0 atom stereocenters. The van der Waals surface area contributed by atoms with Gasteiger partial charge in [-0.3, -0.25) is 0 Å². The van der Waals surface area contributed by atoms with Crippen molar-refractivity contribution in [2.45, 2.75) is 33.1 Å². The molecule has 0 aliphatic rings. The Kier molecular flexibility index (Phi) is 7.49. The molecule has 0 aliphatic heterocycles. The smallest absolute Gasteiger partial charge is 0.0541 e. The average molecular weight is 668 g/mol. The normalized spacial score (nSPS) is 12.7. The van der Waals surface area contributed by atoms with E-state index in [0.717, 1.165) is 16.8 Å². The average Bonchev–Trinajstić information content (AvgIpc) is 3.51. The molecule has 0 saturated heterocycles. The highest BCUT2D eigenvalue weighted by molar-refractivity contribution is 6.28. The Bertz CT molecular complexity index is 2810. The van der Waals surface area contributed by atoms with Gasteiger partial charge in [0.1, 0.15) is 0 Å². The number of benzene rings is 8. The van der Waals surface area contributed by atoms with Gasteiger partial charge < -0.3 is 4.57 Å². The molecular weight excluding hydrogens is 627 g/mol. The van der Waals surface area contributed by atoms with Crippen LogP contribution in [-0.2, 0) is 5.41 Å². The third-order valence-corrected chi connectivity index (χ3v) is 10.8. The molecule has 8 aromatic carbocycles. The van der Waals surface area contributed by atoms with Gasteiger partial charge in [0.05, 0.1) is 11.0 Å². The maximum Gasteiger partial charge on any atom is 0.0541 e. The molecule has 0 spiro atoms. The molecule has 1 nitrogen and oxygen atoms in total. The predicted molar refractivity (Wildman–Crippen MR) is 227 cm³/mol. The summed E-state index contributed by atoms with van der Waals surface area (Å²) in [6.45, 7) is 13.0. The Labute approximate surface area is 305 Å². The van der Waals surface area contributed by atoms with Gasteiger partial charge in [-0.1, -0.05) is 161 Å². The fourth-order valence-corrected chi connectivity index (χ4v) is 8.16. The molecule has 0 radical (unpaired) electrons. The Balaban J connectivity index is 1.32. The minimum absolute atomic E-state index is 0.0570. The first-order valence-corrected chi connectivity index (χ1v) is 18.3. The van der Waals surface area contributed by atoms with Crippen molar-refractivity contribution >= 4 is 59.7 Å². The van der Waals surface area contributed by atoms with Crippen molar-refractivity contribution in [3.8, 4) is 27.9 Å². The molecule has 0 amide bonds. The molecule has 250 valence electrons. The zero-order valence-corrected chi connectivity index (χ0v) is 30.2. The summed E-state index contributed by atoms with van der Waals surface area (Å²) < 4.78 is 2.41. The lowest BCUT2D eigenvalue weighted by atomic mass is 9.81. The number of fused-ring (bicyclic) bond motifs is 3. The Morgan fingerprint density at radius 3 is 1.79 bits per heavy atom. The van der Waals surface area contributed by atoms with Crippen molar-refractivity contribution in [2.24, 2.45) is 0 Å². The van der Waals surface area contributed by atoms with Gasteiger partial charge >= 0.3 is 0 Å². The maximum atomic E-state index is 4.08. The van der Waals surface area contributed by atoms with Crippen LogP contribution in [-0.4, -0.2) is 4.57 Å². The number of hydrogen-bond donors (Lipinski definition) is 0. The van der Waals surface area contributed by atoms with Gasteiger partial charge in [0.15, 0.2) is 0 Å². The van der Waals surface area contributed by atoms with Crippen LogP contribution in [0.5, 0.6) is 0 Å². The van der Waals surface area contributed by atoms with Crippen LogP contribution < -0.4 is 0 Å². The molecule has 52 heavy (non-hydrogen) atoms. The monoisotopic (exact) mass is 667 g/mol. The summed E-state index contributed by atoms with van der Waals surface area (Å²) in [6, 6.07) is 52.2. The van der Waals surface area contributed by atoms with E-state index in [4.69, 9.17) is 0 Å². The molecule has 9 aromatic rings. The lowest BCUT2D eigenvalue weighted by molar-refractivity contribution is 0.591.